The first-order valence-corrected chi connectivity index (χ1v) is 7.90. The van der Waals surface area contributed by atoms with Crippen molar-refractivity contribution in [2.75, 3.05) is 6.54 Å². The molecule has 4 rings (SSSR count). The maximum atomic E-state index is 12.7. The molecule has 1 aliphatic heterocycles. The summed E-state index contributed by atoms with van der Waals surface area (Å²) < 4.78 is 1.39. The molecule has 2 aromatic carbocycles. The van der Waals surface area contributed by atoms with E-state index < -0.39 is 11.8 Å². The molecule has 0 bridgehead atoms. The molecule has 0 unspecified atom stereocenters. The number of benzene rings is 2. The van der Waals surface area contributed by atoms with E-state index in [1.807, 2.05) is 26.0 Å². The second-order valence-corrected chi connectivity index (χ2v) is 6.18. The molecule has 0 radical (unpaired) electrons. The summed E-state index contributed by atoms with van der Waals surface area (Å²) in [5, 5.41) is 0. The molecule has 2 heterocycles. The number of amides is 2. The molecule has 6 heteroatoms. The Bertz CT molecular complexity index is 1030. The highest BCUT2D eigenvalue weighted by molar-refractivity contribution is 6.22. The zero-order chi connectivity index (χ0) is 17.7. The predicted octanol–water partition coefficient (Wildman–Crippen LogP) is 2.59. The molecule has 0 spiro atoms. The quantitative estimate of drug-likeness (QED) is 0.676. The smallest absolute Gasteiger partial charge is 0.262 e. The average molecular weight is 333 g/mol. The van der Waals surface area contributed by atoms with Gasteiger partial charge in [0.2, 0.25) is 0 Å². The van der Waals surface area contributed by atoms with Gasteiger partial charge in [0.25, 0.3) is 17.7 Å². The van der Waals surface area contributed by atoms with Crippen LogP contribution in [0, 0.1) is 13.8 Å². The summed E-state index contributed by atoms with van der Waals surface area (Å²) >= 11 is 0. The fourth-order valence-electron chi connectivity index (χ4n) is 3.06. The van der Waals surface area contributed by atoms with E-state index in [2.05, 4.69) is 4.98 Å². The number of imide groups is 1. The third-order valence-electron chi connectivity index (χ3n) is 4.60. The Balaban J connectivity index is 1.67. The Hall–Kier alpha value is -3.28. The third-order valence-corrected chi connectivity index (χ3v) is 4.60. The number of fused-ring (bicyclic) bond motifs is 2. The highest BCUT2D eigenvalue weighted by Crippen LogP contribution is 2.23. The van der Waals surface area contributed by atoms with Gasteiger partial charge in [0.05, 0.1) is 22.2 Å². The van der Waals surface area contributed by atoms with Gasteiger partial charge in [0.1, 0.15) is 12.9 Å². The minimum absolute atomic E-state index is 0.315. The van der Waals surface area contributed by atoms with Gasteiger partial charge in [-0.2, -0.15) is 0 Å². The number of nitrogens with zero attached hydrogens (tertiary/aromatic N) is 3. The molecule has 25 heavy (non-hydrogen) atoms. The van der Waals surface area contributed by atoms with Crippen LogP contribution in [0.15, 0.2) is 42.7 Å². The summed E-state index contributed by atoms with van der Waals surface area (Å²) in [5.41, 5.74) is 4.18. The number of carbonyl (C=O) groups excluding carboxylic acids is 3. The van der Waals surface area contributed by atoms with Crippen LogP contribution in [0.3, 0.4) is 0 Å². The molecule has 1 aromatic heterocycles. The second-order valence-electron chi connectivity index (χ2n) is 6.18. The number of hydrogen-bond acceptors (Lipinski definition) is 4. The van der Waals surface area contributed by atoms with E-state index in [4.69, 9.17) is 0 Å². The number of imidazole rings is 1. The molecular formula is C19H15N3O3. The predicted molar refractivity (Wildman–Crippen MR) is 91.6 cm³/mol. The summed E-state index contributed by atoms with van der Waals surface area (Å²) in [7, 11) is 0. The number of carbonyl (C=O) groups is 3. The van der Waals surface area contributed by atoms with Crippen molar-refractivity contribution in [1.82, 2.24) is 14.5 Å². The van der Waals surface area contributed by atoms with Crippen LogP contribution >= 0.6 is 0 Å². The fraction of sp³-hybridized carbons (Fsp3) is 0.158. The van der Waals surface area contributed by atoms with E-state index in [1.54, 1.807) is 24.3 Å². The third kappa shape index (κ3) is 2.26. The number of rotatable bonds is 2. The van der Waals surface area contributed by atoms with Crippen LogP contribution < -0.4 is 0 Å². The molecule has 124 valence electrons. The van der Waals surface area contributed by atoms with Gasteiger partial charge in [-0.25, -0.2) is 4.98 Å². The number of aryl methyl sites for hydroxylation is 2. The van der Waals surface area contributed by atoms with Crippen LogP contribution in [0.4, 0.5) is 0 Å². The van der Waals surface area contributed by atoms with Crippen molar-refractivity contribution in [3.8, 4) is 0 Å². The Kier molecular flexibility index (Phi) is 3.28. The number of aromatic nitrogens is 2. The first-order chi connectivity index (χ1) is 12.0. The minimum atomic E-state index is -0.439. The van der Waals surface area contributed by atoms with E-state index in [0.29, 0.717) is 22.2 Å². The summed E-state index contributed by atoms with van der Waals surface area (Å²) in [5.74, 6) is -1.25. The van der Waals surface area contributed by atoms with Crippen molar-refractivity contribution in [2.24, 2.45) is 0 Å². The Morgan fingerprint density at radius 2 is 1.60 bits per heavy atom. The van der Waals surface area contributed by atoms with Crippen LogP contribution in [-0.2, 0) is 0 Å². The Morgan fingerprint density at radius 1 is 1.00 bits per heavy atom. The summed E-state index contributed by atoms with van der Waals surface area (Å²) in [4.78, 5) is 42.7. The van der Waals surface area contributed by atoms with E-state index in [-0.39, 0.29) is 12.5 Å². The highest BCUT2D eigenvalue weighted by atomic mass is 16.2. The standard InChI is InChI=1S/C19H15N3O3/c1-11-7-15-16(8-12(11)2)22(10-20-15)17(23)9-21-18(24)13-5-3-4-6-14(13)19(21)25/h3-8,10H,9H2,1-2H3. The topological polar surface area (TPSA) is 72.3 Å². The first kappa shape index (κ1) is 15.3. The highest BCUT2D eigenvalue weighted by Gasteiger charge is 2.36. The summed E-state index contributed by atoms with van der Waals surface area (Å²) in [6.07, 6.45) is 1.43. The normalized spacial score (nSPS) is 13.6. The molecular weight excluding hydrogens is 318 g/mol. The largest absolute Gasteiger partial charge is 0.272 e. The van der Waals surface area contributed by atoms with E-state index in [1.165, 1.54) is 10.9 Å². The van der Waals surface area contributed by atoms with Gasteiger partial charge in [-0.15, -0.1) is 0 Å². The molecule has 0 N–H and O–H groups in total. The van der Waals surface area contributed by atoms with Gasteiger partial charge >= 0.3 is 0 Å². The first-order valence-electron chi connectivity index (χ1n) is 7.90. The van der Waals surface area contributed by atoms with E-state index in [9.17, 15) is 14.4 Å². The molecule has 0 saturated heterocycles. The molecule has 0 saturated carbocycles. The van der Waals surface area contributed by atoms with Gasteiger partial charge in [-0.05, 0) is 49.2 Å². The fourth-order valence-corrected chi connectivity index (χ4v) is 3.06. The van der Waals surface area contributed by atoms with Gasteiger partial charge in [-0.3, -0.25) is 23.9 Å². The molecule has 0 atom stereocenters. The van der Waals surface area contributed by atoms with Crippen molar-refractivity contribution in [2.45, 2.75) is 13.8 Å². The van der Waals surface area contributed by atoms with Crippen LogP contribution in [0.25, 0.3) is 11.0 Å². The average Bonchev–Trinajstić information content (AvgIpc) is 3.10. The Labute approximate surface area is 143 Å². The van der Waals surface area contributed by atoms with Crippen molar-refractivity contribution in [3.05, 3.63) is 65.0 Å². The molecule has 6 nitrogen and oxygen atoms in total. The lowest BCUT2D eigenvalue weighted by Crippen LogP contribution is -2.36. The van der Waals surface area contributed by atoms with E-state index in [0.717, 1.165) is 16.0 Å². The maximum absolute atomic E-state index is 12.7. The second kappa shape index (κ2) is 5.37. The monoisotopic (exact) mass is 333 g/mol. The summed E-state index contributed by atoms with van der Waals surface area (Å²) in [6, 6.07) is 10.4. The lowest BCUT2D eigenvalue weighted by atomic mass is 10.1. The van der Waals surface area contributed by atoms with Crippen molar-refractivity contribution in [3.63, 3.8) is 0 Å². The van der Waals surface area contributed by atoms with Crippen molar-refractivity contribution < 1.29 is 14.4 Å². The van der Waals surface area contributed by atoms with Gasteiger partial charge in [0, 0.05) is 0 Å². The zero-order valence-corrected chi connectivity index (χ0v) is 13.8. The van der Waals surface area contributed by atoms with Gasteiger partial charge < -0.3 is 0 Å². The van der Waals surface area contributed by atoms with Crippen LogP contribution in [0.5, 0.6) is 0 Å². The molecule has 3 aromatic rings. The lowest BCUT2D eigenvalue weighted by Gasteiger charge is -2.13. The molecule has 0 fully saturated rings. The van der Waals surface area contributed by atoms with Crippen LogP contribution in [0.2, 0.25) is 0 Å². The van der Waals surface area contributed by atoms with Gasteiger partial charge in [0.15, 0.2) is 0 Å². The Morgan fingerprint density at radius 3 is 2.24 bits per heavy atom. The molecule has 1 aliphatic rings. The summed E-state index contributed by atoms with van der Waals surface area (Å²) in [6.45, 7) is 3.62. The minimum Gasteiger partial charge on any atom is -0.272 e. The molecule has 0 aliphatic carbocycles. The number of hydrogen-bond donors (Lipinski definition) is 0. The van der Waals surface area contributed by atoms with E-state index >= 15 is 0 Å². The van der Waals surface area contributed by atoms with Gasteiger partial charge in [-0.1, -0.05) is 12.1 Å². The molecule has 2 amide bonds. The van der Waals surface area contributed by atoms with Crippen LogP contribution in [0.1, 0.15) is 36.6 Å². The SMILES string of the molecule is Cc1cc2ncn(C(=O)CN3C(=O)c4ccccc4C3=O)c2cc1C. The van der Waals surface area contributed by atoms with Crippen molar-refractivity contribution in [1.29, 1.82) is 0 Å². The maximum Gasteiger partial charge on any atom is 0.262 e. The van der Waals surface area contributed by atoms with Crippen LogP contribution in [-0.4, -0.2) is 38.7 Å². The zero-order valence-electron chi connectivity index (χ0n) is 13.8. The van der Waals surface area contributed by atoms with Crippen molar-refractivity contribution >= 4 is 28.8 Å². The lowest BCUT2D eigenvalue weighted by molar-refractivity contribution is 0.0606.